The van der Waals surface area contributed by atoms with Crippen LogP contribution in [0.4, 0.5) is 0 Å². The van der Waals surface area contributed by atoms with Crippen molar-refractivity contribution in [3.63, 3.8) is 0 Å². The Kier molecular flexibility index (Phi) is 5.20. The molecule has 1 aliphatic heterocycles. The quantitative estimate of drug-likeness (QED) is 0.748. The topological polar surface area (TPSA) is 85.4 Å². The number of amides is 1. The van der Waals surface area contributed by atoms with Gasteiger partial charge in [0.2, 0.25) is 0 Å². The van der Waals surface area contributed by atoms with Crippen LogP contribution in [-0.4, -0.2) is 52.5 Å². The minimum absolute atomic E-state index is 0.170. The molecule has 1 atom stereocenters. The second kappa shape index (κ2) is 7.36. The van der Waals surface area contributed by atoms with Crippen LogP contribution in [0, 0.1) is 0 Å². The smallest absolute Gasteiger partial charge is 0.338 e. The third kappa shape index (κ3) is 3.47. The molecule has 6 nitrogen and oxygen atoms in total. The van der Waals surface area contributed by atoms with Gasteiger partial charge in [0.25, 0.3) is 5.91 Å². The van der Waals surface area contributed by atoms with Crippen LogP contribution in [0.25, 0.3) is 10.2 Å². The van der Waals surface area contributed by atoms with Crippen molar-refractivity contribution in [1.29, 1.82) is 0 Å². The van der Waals surface area contributed by atoms with Gasteiger partial charge in [-0.25, -0.2) is 4.79 Å². The number of carboxylic acid groups (broad SMARTS) is 1. The van der Waals surface area contributed by atoms with Gasteiger partial charge >= 0.3 is 5.97 Å². The highest BCUT2D eigenvalue weighted by Crippen LogP contribution is 2.26. The van der Waals surface area contributed by atoms with E-state index in [1.165, 1.54) is 24.2 Å². The number of carbonyl (C=O) groups excluding carboxylic acids is 1. The highest BCUT2D eigenvalue weighted by Gasteiger charge is 2.23. The lowest BCUT2D eigenvalue weighted by molar-refractivity contribution is 0.0698. The fourth-order valence-electron chi connectivity index (χ4n) is 3.37. The second-order valence-electron chi connectivity index (χ2n) is 6.27. The average Bonchev–Trinajstić information content (AvgIpc) is 3.14. The van der Waals surface area contributed by atoms with E-state index in [2.05, 4.69) is 22.1 Å². The Bertz CT molecular complexity index is 735. The highest BCUT2D eigenvalue weighted by molar-refractivity contribution is 7.17. The van der Waals surface area contributed by atoms with E-state index in [9.17, 15) is 9.59 Å². The second-order valence-corrected chi connectivity index (χ2v) is 7.18. The number of fused-ring (bicyclic) bond motifs is 1. The van der Waals surface area contributed by atoms with Crippen molar-refractivity contribution in [3.05, 3.63) is 22.7 Å². The highest BCUT2D eigenvalue weighted by atomic mass is 32.1. The average molecular weight is 349 g/mol. The number of aromatic nitrogens is 1. The third-order valence-corrected chi connectivity index (χ3v) is 5.52. The molecule has 3 heterocycles. The van der Waals surface area contributed by atoms with Crippen LogP contribution in [0.5, 0.6) is 0 Å². The summed E-state index contributed by atoms with van der Waals surface area (Å²) < 4.78 is 0.794. The number of carboxylic acids is 1. The van der Waals surface area contributed by atoms with Crippen molar-refractivity contribution in [2.24, 2.45) is 0 Å². The Hall–Kier alpha value is -1.86. The van der Waals surface area contributed by atoms with Crippen molar-refractivity contribution < 1.29 is 14.7 Å². The van der Waals surface area contributed by atoms with Gasteiger partial charge in [-0.2, -0.15) is 0 Å². The number of carbonyl (C=O) groups is 2. The van der Waals surface area contributed by atoms with Gasteiger partial charge < -0.3 is 15.4 Å². The molecule has 1 fully saturated rings. The lowest BCUT2D eigenvalue weighted by Gasteiger charge is -2.35. The summed E-state index contributed by atoms with van der Waals surface area (Å²) in [5, 5.41) is 13.7. The van der Waals surface area contributed by atoms with E-state index in [0.29, 0.717) is 23.8 Å². The summed E-state index contributed by atoms with van der Waals surface area (Å²) in [5.74, 6) is -1.15. The first kappa shape index (κ1) is 17.0. The number of nitrogens with zero attached hydrogens (tertiary/aromatic N) is 1. The summed E-state index contributed by atoms with van der Waals surface area (Å²) in [6.07, 6.45) is 4.68. The van der Waals surface area contributed by atoms with Crippen LogP contribution in [0.15, 0.2) is 11.4 Å². The Morgan fingerprint density at radius 2 is 2.29 bits per heavy atom. The van der Waals surface area contributed by atoms with Gasteiger partial charge in [0.05, 0.1) is 15.8 Å². The third-order valence-electron chi connectivity index (χ3n) is 4.59. The number of thiophene rings is 1. The lowest BCUT2D eigenvalue weighted by atomic mass is 10.0. The Morgan fingerprint density at radius 1 is 1.46 bits per heavy atom. The molecule has 0 aliphatic carbocycles. The zero-order chi connectivity index (χ0) is 17.1. The first-order valence-corrected chi connectivity index (χ1v) is 9.34. The SMILES string of the molecule is CCCN1CCCCC1CNC(=O)c1cc2scc(C(=O)O)c2[nH]1. The zero-order valence-electron chi connectivity index (χ0n) is 13.8. The summed E-state index contributed by atoms with van der Waals surface area (Å²) in [5.41, 5.74) is 1.18. The van der Waals surface area contributed by atoms with Crippen LogP contribution in [0.2, 0.25) is 0 Å². The molecule has 0 aromatic carbocycles. The number of aromatic carboxylic acids is 1. The van der Waals surface area contributed by atoms with Crippen LogP contribution in [0.1, 0.15) is 53.5 Å². The van der Waals surface area contributed by atoms with Crippen molar-refractivity contribution in [1.82, 2.24) is 15.2 Å². The molecule has 1 aliphatic rings. The molecule has 2 aromatic rings. The monoisotopic (exact) mass is 349 g/mol. The van der Waals surface area contributed by atoms with E-state index in [4.69, 9.17) is 5.11 Å². The number of rotatable bonds is 6. The number of nitrogens with one attached hydrogen (secondary N) is 2. The van der Waals surface area contributed by atoms with Crippen molar-refractivity contribution in [2.45, 2.75) is 38.6 Å². The van der Waals surface area contributed by atoms with Crippen LogP contribution in [0.3, 0.4) is 0 Å². The maximum absolute atomic E-state index is 12.4. The summed E-state index contributed by atoms with van der Waals surface area (Å²) in [6.45, 7) is 4.99. The van der Waals surface area contributed by atoms with E-state index >= 15 is 0 Å². The Balaban J connectivity index is 1.65. The van der Waals surface area contributed by atoms with E-state index in [0.717, 1.165) is 30.6 Å². The van der Waals surface area contributed by atoms with E-state index in [1.54, 1.807) is 11.4 Å². The maximum atomic E-state index is 12.4. The molecule has 3 rings (SSSR count). The van der Waals surface area contributed by atoms with Gasteiger partial charge in [0, 0.05) is 18.0 Å². The Morgan fingerprint density at radius 3 is 3.04 bits per heavy atom. The fourth-order valence-corrected chi connectivity index (χ4v) is 4.30. The molecule has 0 bridgehead atoms. The van der Waals surface area contributed by atoms with Gasteiger partial charge in [-0.3, -0.25) is 9.69 Å². The van der Waals surface area contributed by atoms with E-state index in [-0.39, 0.29) is 11.5 Å². The van der Waals surface area contributed by atoms with Gasteiger partial charge in [-0.15, -0.1) is 11.3 Å². The van der Waals surface area contributed by atoms with E-state index in [1.807, 2.05) is 0 Å². The van der Waals surface area contributed by atoms with E-state index < -0.39 is 5.97 Å². The van der Waals surface area contributed by atoms with Crippen LogP contribution >= 0.6 is 11.3 Å². The molecular weight excluding hydrogens is 326 g/mol. The molecule has 2 aromatic heterocycles. The number of hydrogen-bond donors (Lipinski definition) is 3. The molecule has 24 heavy (non-hydrogen) atoms. The summed E-state index contributed by atoms with van der Waals surface area (Å²) >= 11 is 1.33. The van der Waals surface area contributed by atoms with Crippen molar-refractivity contribution >= 4 is 33.4 Å². The van der Waals surface area contributed by atoms with Gasteiger partial charge in [-0.1, -0.05) is 13.3 Å². The molecule has 0 radical (unpaired) electrons. The number of likely N-dealkylation sites (tertiary alicyclic amines) is 1. The molecule has 3 N–H and O–H groups in total. The lowest BCUT2D eigenvalue weighted by Crippen LogP contribution is -2.46. The molecule has 1 saturated heterocycles. The van der Waals surface area contributed by atoms with Gasteiger partial charge in [0.1, 0.15) is 5.69 Å². The number of hydrogen-bond acceptors (Lipinski definition) is 4. The summed E-state index contributed by atoms with van der Waals surface area (Å²) in [7, 11) is 0. The van der Waals surface area contributed by atoms with Crippen LogP contribution < -0.4 is 5.32 Å². The van der Waals surface area contributed by atoms with Crippen molar-refractivity contribution in [2.75, 3.05) is 19.6 Å². The fraction of sp³-hybridized carbons (Fsp3) is 0.529. The Labute approximate surface area is 144 Å². The number of aromatic amines is 1. The van der Waals surface area contributed by atoms with Gasteiger partial charge in [0.15, 0.2) is 0 Å². The normalized spacial score (nSPS) is 18.8. The molecule has 0 saturated carbocycles. The molecule has 130 valence electrons. The molecule has 0 spiro atoms. The maximum Gasteiger partial charge on any atom is 0.338 e. The zero-order valence-corrected chi connectivity index (χ0v) is 14.6. The number of H-pyrrole nitrogens is 1. The summed E-state index contributed by atoms with van der Waals surface area (Å²) in [4.78, 5) is 29.0. The van der Waals surface area contributed by atoms with Crippen molar-refractivity contribution in [3.8, 4) is 0 Å². The first-order valence-electron chi connectivity index (χ1n) is 8.46. The van der Waals surface area contributed by atoms with Crippen LogP contribution in [-0.2, 0) is 0 Å². The summed E-state index contributed by atoms with van der Waals surface area (Å²) in [6, 6.07) is 2.13. The molecule has 1 unspecified atom stereocenters. The minimum atomic E-state index is -0.979. The largest absolute Gasteiger partial charge is 0.478 e. The number of piperidine rings is 1. The standard InChI is InChI=1S/C17H23N3O3S/c1-2-6-20-7-4-3-5-11(20)9-18-16(21)13-8-14-15(19-13)12(10-24-14)17(22)23/h8,10-11,19H,2-7,9H2,1H3,(H,18,21)(H,22,23). The molecule has 7 heteroatoms. The predicted octanol–water partition coefficient (Wildman–Crippen LogP) is 2.92. The van der Waals surface area contributed by atoms with Gasteiger partial charge in [-0.05, 0) is 38.4 Å². The molecular formula is C17H23N3O3S. The molecule has 1 amide bonds. The minimum Gasteiger partial charge on any atom is -0.478 e. The predicted molar refractivity (Wildman–Crippen MR) is 95.0 cm³/mol. The first-order chi connectivity index (χ1) is 11.6.